The molecule has 0 spiro atoms. The molecule has 3 aromatic heterocycles. The number of carbonyl (C=O) groups excluding carboxylic acids is 1. The number of amides is 1. The van der Waals surface area contributed by atoms with Gasteiger partial charge in [-0.2, -0.15) is 5.10 Å². The minimum absolute atomic E-state index is 0.198. The van der Waals surface area contributed by atoms with Gasteiger partial charge < -0.3 is 5.32 Å². The van der Waals surface area contributed by atoms with E-state index in [0.29, 0.717) is 11.4 Å². The largest absolute Gasteiger partial charge is 0.319 e. The summed E-state index contributed by atoms with van der Waals surface area (Å²) in [6, 6.07) is 9.30. The molecule has 0 unspecified atom stereocenters. The summed E-state index contributed by atoms with van der Waals surface area (Å²) in [4.78, 5) is 17.2. The van der Waals surface area contributed by atoms with Crippen molar-refractivity contribution in [3.63, 3.8) is 0 Å². The Morgan fingerprint density at radius 2 is 2.25 bits per heavy atom. The van der Waals surface area contributed by atoms with Crippen molar-refractivity contribution in [3.8, 4) is 10.6 Å². The smallest absolute Gasteiger partial charge is 0.273 e. The average Bonchev–Trinajstić information content (AvgIpc) is 3.08. The Bertz CT molecular complexity index is 719. The lowest BCUT2D eigenvalue weighted by atomic mass is 10.3. The number of carbonyl (C=O) groups is 1. The standard InChI is InChI=1S/C14H12N4OS/c1-18-12(8-11(17-18)13-5-3-7-20-13)14(19)16-10-4-2-6-15-9-10/h2-9H,1H3,(H,16,19). The molecule has 5 nitrogen and oxygen atoms in total. The molecule has 3 rings (SSSR count). The van der Waals surface area contributed by atoms with Gasteiger partial charge in [0, 0.05) is 13.2 Å². The van der Waals surface area contributed by atoms with Crippen LogP contribution in [0, 0.1) is 0 Å². The summed E-state index contributed by atoms with van der Waals surface area (Å²) in [5.41, 5.74) is 1.98. The topological polar surface area (TPSA) is 59.8 Å². The zero-order valence-corrected chi connectivity index (χ0v) is 11.6. The lowest BCUT2D eigenvalue weighted by Gasteiger charge is -2.03. The van der Waals surface area contributed by atoms with Crippen LogP contribution >= 0.6 is 11.3 Å². The van der Waals surface area contributed by atoms with Crippen LogP contribution in [0.1, 0.15) is 10.5 Å². The van der Waals surface area contributed by atoms with Gasteiger partial charge in [-0.15, -0.1) is 11.3 Å². The normalized spacial score (nSPS) is 10.4. The Labute approximate surface area is 119 Å². The Hall–Kier alpha value is -2.47. The van der Waals surface area contributed by atoms with Crippen LogP contribution in [0.4, 0.5) is 5.69 Å². The summed E-state index contributed by atoms with van der Waals surface area (Å²) in [6.07, 6.45) is 3.27. The number of aromatic nitrogens is 3. The van der Waals surface area contributed by atoms with Gasteiger partial charge >= 0.3 is 0 Å². The zero-order valence-electron chi connectivity index (χ0n) is 10.8. The maximum atomic E-state index is 12.2. The molecule has 0 aromatic carbocycles. The van der Waals surface area contributed by atoms with Gasteiger partial charge in [0.15, 0.2) is 0 Å². The molecule has 3 aromatic rings. The summed E-state index contributed by atoms with van der Waals surface area (Å²) in [5, 5.41) is 9.15. The monoisotopic (exact) mass is 284 g/mol. The minimum Gasteiger partial charge on any atom is -0.319 e. The van der Waals surface area contributed by atoms with E-state index in [-0.39, 0.29) is 5.91 Å². The van der Waals surface area contributed by atoms with Crippen LogP contribution in [0.15, 0.2) is 48.1 Å². The Morgan fingerprint density at radius 3 is 2.95 bits per heavy atom. The molecule has 0 fully saturated rings. The molecule has 20 heavy (non-hydrogen) atoms. The highest BCUT2D eigenvalue weighted by atomic mass is 32.1. The van der Waals surface area contributed by atoms with Crippen LogP contribution in [0.5, 0.6) is 0 Å². The molecule has 0 radical (unpaired) electrons. The predicted octanol–water partition coefficient (Wildman–Crippen LogP) is 2.80. The summed E-state index contributed by atoms with van der Waals surface area (Å²) in [7, 11) is 1.76. The second kappa shape index (κ2) is 5.26. The maximum absolute atomic E-state index is 12.2. The molecule has 0 atom stereocenters. The predicted molar refractivity (Wildman–Crippen MR) is 78.7 cm³/mol. The van der Waals surface area contributed by atoms with Gasteiger partial charge in [-0.1, -0.05) is 6.07 Å². The van der Waals surface area contributed by atoms with Crippen molar-refractivity contribution in [2.45, 2.75) is 0 Å². The van der Waals surface area contributed by atoms with Crippen molar-refractivity contribution in [1.82, 2.24) is 14.8 Å². The van der Waals surface area contributed by atoms with Crippen LogP contribution in [0.2, 0.25) is 0 Å². The molecule has 0 aliphatic rings. The van der Waals surface area contributed by atoms with Crippen LogP contribution in [-0.2, 0) is 7.05 Å². The molecule has 0 saturated carbocycles. The van der Waals surface area contributed by atoms with Crippen LogP contribution in [-0.4, -0.2) is 20.7 Å². The Morgan fingerprint density at radius 1 is 1.35 bits per heavy atom. The Balaban J connectivity index is 1.85. The fourth-order valence-electron chi connectivity index (χ4n) is 1.86. The van der Waals surface area contributed by atoms with Crippen molar-refractivity contribution in [2.75, 3.05) is 5.32 Å². The minimum atomic E-state index is -0.198. The van der Waals surface area contributed by atoms with Crippen LogP contribution in [0.25, 0.3) is 10.6 Å². The van der Waals surface area contributed by atoms with Crippen molar-refractivity contribution in [2.24, 2.45) is 7.05 Å². The Kier molecular flexibility index (Phi) is 3.30. The lowest BCUT2D eigenvalue weighted by Crippen LogP contribution is -2.16. The SMILES string of the molecule is Cn1nc(-c2cccs2)cc1C(=O)Nc1cccnc1. The van der Waals surface area contributed by atoms with Gasteiger partial charge in [0.25, 0.3) is 5.91 Å². The van der Waals surface area contributed by atoms with Gasteiger partial charge in [-0.05, 0) is 29.6 Å². The summed E-state index contributed by atoms with van der Waals surface area (Å²) in [6.45, 7) is 0. The molecule has 6 heteroatoms. The van der Waals surface area contributed by atoms with E-state index in [2.05, 4.69) is 15.4 Å². The number of rotatable bonds is 3. The molecular formula is C14H12N4OS. The second-order valence-electron chi connectivity index (χ2n) is 4.21. The number of thiophene rings is 1. The van der Waals surface area contributed by atoms with Gasteiger partial charge in [0.05, 0.1) is 16.8 Å². The molecule has 1 N–H and O–H groups in total. The van der Waals surface area contributed by atoms with Crippen LogP contribution in [0.3, 0.4) is 0 Å². The first-order valence-electron chi connectivity index (χ1n) is 6.03. The second-order valence-corrected chi connectivity index (χ2v) is 5.16. The molecular weight excluding hydrogens is 272 g/mol. The molecule has 0 bridgehead atoms. The van der Waals surface area contributed by atoms with E-state index in [1.54, 1.807) is 53.7 Å². The highest BCUT2D eigenvalue weighted by molar-refractivity contribution is 7.13. The number of hydrogen-bond donors (Lipinski definition) is 1. The third kappa shape index (κ3) is 2.46. The number of nitrogens with zero attached hydrogens (tertiary/aromatic N) is 3. The van der Waals surface area contributed by atoms with Crippen molar-refractivity contribution >= 4 is 22.9 Å². The van der Waals surface area contributed by atoms with Crippen LogP contribution < -0.4 is 5.32 Å². The van der Waals surface area contributed by atoms with Crippen molar-refractivity contribution < 1.29 is 4.79 Å². The van der Waals surface area contributed by atoms with E-state index in [0.717, 1.165) is 10.6 Å². The average molecular weight is 284 g/mol. The molecule has 0 aliphatic heterocycles. The van der Waals surface area contributed by atoms with Gasteiger partial charge in [-0.25, -0.2) is 0 Å². The van der Waals surface area contributed by atoms with E-state index >= 15 is 0 Å². The molecule has 0 saturated heterocycles. The number of hydrogen-bond acceptors (Lipinski definition) is 4. The third-order valence-electron chi connectivity index (χ3n) is 2.81. The first-order chi connectivity index (χ1) is 9.74. The van der Waals surface area contributed by atoms with E-state index < -0.39 is 0 Å². The fraction of sp³-hybridized carbons (Fsp3) is 0.0714. The van der Waals surface area contributed by atoms with E-state index in [4.69, 9.17) is 0 Å². The number of aryl methyl sites for hydroxylation is 1. The van der Waals surface area contributed by atoms with E-state index in [1.807, 2.05) is 17.5 Å². The maximum Gasteiger partial charge on any atom is 0.273 e. The number of anilines is 1. The first kappa shape index (κ1) is 12.6. The molecule has 3 heterocycles. The molecule has 1 amide bonds. The highest BCUT2D eigenvalue weighted by Gasteiger charge is 2.14. The van der Waals surface area contributed by atoms with E-state index in [1.165, 1.54) is 0 Å². The summed E-state index contributed by atoms with van der Waals surface area (Å²) >= 11 is 1.60. The molecule has 100 valence electrons. The third-order valence-corrected chi connectivity index (χ3v) is 3.70. The fourth-order valence-corrected chi connectivity index (χ4v) is 2.54. The number of pyridine rings is 1. The van der Waals surface area contributed by atoms with Crippen molar-refractivity contribution in [3.05, 3.63) is 53.8 Å². The summed E-state index contributed by atoms with van der Waals surface area (Å²) in [5.74, 6) is -0.198. The highest BCUT2D eigenvalue weighted by Crippen LogP contribution is 2.24. The summed E-state index contributed by atoms with van der Waals surface area (Å²) < 4.78 is 1.58. The van der Waals surface area contributed by atoms with Gasteiger partial charge in [0.1, 0.15) is 11.4 Å². The zero-order chi connectivity index (χ0) is 13.9. The van der Waals surface area contributed by atoms with E-state index in [9.17, 15) is 4.79 Å². The first-order valence-corrected chi connectivity index (χ1v) is 6.91. The lowest BCUT2D eigenvalue weighted by molar-refractivity contribution is 0.101. The molecule has 0 aliphatic carbocycles. The number of nitrogens with one attached hydrogen (secondary N) is 1. The van der Waals surface area contributed by atoms with Gasteiger partial charge in [-0.3, -0.25) is 14.5 Å². The van der Waals surface area contributed by atoms with Gasteiger partial charge in [0.2, 0.25) is 0 Å². The quantitative estimate of drug-likeness (QED) is 0.804. The van der Waals surface area contributed by atoms with Crippen molar-refractivity contribution in [1.29, 1.82) is 0 Å².